The minimum Gasteiger partial charge on any atom is -0.357 e. The first-order valence-corrected chi connectivity index (χ1v) is 5.58. The van der Waals surface area contributed by atoms with Crippen molar-refractivity contribution in [3.8, 4) is 6.07 Å². The van der Waals surface area contributed by atoms with E-state index in [1.54, 1.807) is 0 Å². The van der Waals surface area contributed by atoms with Gasteiger partial charge in [-0.15, -0.1) is 0 Å². The van der Waals surface area contributed by atoms with E-state index in [0.29, 0.717) is 5.56 Å². The molecule has 0 unspecified atom stereocenters. The number of aromatic nitrogens is 1. The maximum atomic E-state index is 8.80. The molecule has 0 bridgehead atoms. The number of nitrogens with zero attached hydrogens (tertiary/aromatic N) is 2. The van der Waals surface area contributed by atoms with Crippen molar-refractivity contribution in [2.24, 2.45) is 7.05 Å². The lowest BCUT2D eigenvalue weighted by atomic mass is 10.1. The van der Waals surface area contributed by atoms with Gasteiger partial charge in [0.25, 0.3) is 0 Å². The maximum absolute atomic E-state index is 8.80. The van der Waals surface area contributed by atoms with Gasteiger partial charge in [0.05, 0.1) is 11.6 Å². The number of nitrogens with one attached hydrogen (secondary N) is 1. The average Bonchev–Trinajstić information content (AvgIpc) is 2.75. The van der Waals surface area contributed by atoms with Gasteiger partial charge in [-0.3, -0.25) is 0 Å². The smallest absolute Gasteiger partial charge is 0.0991 e. The van der Waals surface area contributed by atoms with Gasteiger partial charge in [0.1, 0.15) is 0 Å². The van der Waals surface area contributed by atoms with E-state index in [9.17, 15) is 0 Å². The molecule has 17 heavy (non-hydrogen) atoms. The maximum Gasteiger partial charge on any atom is 0.0991 e. The predicted octanol–water partition coefficient (Wildman–Crippen LogP) is 2.19. The zero-order chi connectivity index (χ0) is 12.1. The molecular weight excluding hydrogens is 210 g/mol. The van der Waals surface area contributed by atoms with Gasteiger partial charge in [-0.05, 0) is 29.3 Å². The van der Waals surface area contributed by atoms with Gasteiger partial charge < -0.3 is 9.88 Å². The minimum atomic E-state index is 0.712. The van der Waals surface area contributed by atoms with Crippen LogP contribution < -0.4 is 5.32 Å². The van der Waals surface area contributed by atoms with Gasteiger partial charge in [0, 0.05) is 32.5 Å². The lowest BCUT2D eigenvalue weighted by molar-refractivity contribution is 0.692. The summed E-state index contributed by atoms with van der Waals surface area (Å²) in [7, 11) is 2.01. The van der Waals surface area contributed by atoms with E-state index in [1.807, 2.05) is 42.1 Å². The molecule has 2 rings (SSSR count). The van der Waals surface area contributed by atoms with Crippen LogP contribution in [0.2, 0.25) is 0 Å². The molecule has 2 aromatic rings. The Kier molecular flexibility index (Phi) is 3.59. The number of benzene rings is 1. The van der Waals surface area contributed by atoms with E-state index in [1.165, 1.54) is 5.56 Å². The highest BCUT2D eigenvalue weighted by atomic mass is 14.9. The minimum absolute atomic E-state index is 0.712. The van der Waals surface area contributed by atoms with Crippen LogP contribution in [0.4, 0.5) is 0 Å². The number of rotatable bonds is 4. The van der Waals surface area contributed by atoms with Crippen molar-refractivity contribution in [1.82, 2.24) is 9.88 Å². The fourth-order valence-electron chi connectivity index (χ4n) is 1.77. The molecule has 86 valence electrons. The highest BCUT2D eigenvalue weighted by Crippen LogP contribution is 2.04. The van der Waals surface area contributed by atoms with Crippen molar-refractivity contribution >= 4 is 0 Å². The summed E-state index contributed by atoms with van der Waals surface area (Å²) in [5.74, 6) is 0. The van der Waals surface area contributed by atoms with E-state index in [4.69, 9.17) is 5.26 Å². The first kappa shape index (κ1) is 11.4. The lowest BCUT2D eigenvalue weighted by Crippen LogP contribution is -2.12. The first-order chi connectivity index (χ1) is 8.28. The Hall–Kier alpha value is -2.05. The molecule has 0 aliphatic rings. The van der Waals surface area contributed by atoms with Gasteiger partial charge in [-0.25, -0.2) is 0 Å². The van der Waals surface area contributed by atoms with Crippen LogP contribution in [0.15, 0.2) is 42.7 Å². The summed E-state index contributed by atoms with van der Waals surface area (Å²) in [6.07, 6.45) is 4.13. The van der Waals surface area contributed by atoms with Gasteiger partial charge in [0.2, 0.25) is 0 Å². The van der Waals surface area contributed by atoms with Crippen LogP contribution >= 0.6 is 0 Å². The Morgan fingerprint density at radius 1 is 1.24 bits per heavy atom. The second kappa shape index (κ2) is 5.33. The molecule has 1 aromatic carbocycles. The summed E-state index contributed by atoms with van der Waals surface area (Å²) in [5.41, 5.74) is 3.12. The summed E-state index contributed by atoms with van der Waals surface area (Å²) >= 11 is 0. The molecule has 0 saturated carbocycles. The first-order valence-electron chi connectivity index (χ1n) is 5.58. The summed E-state index contributed by atoms with van der Waals surface area (Å²) in [6.45, 7) is 1.63. The van der Waals surface area contributed by atoms with Crippen molar-refractivity contribution in [2.75, 3.05) is 0 Å². The molecule has 3 heteroatoms. The SMILES string of the molecule is Cn1ccc(CNCc2cccc(C#N)c2)c1. The third kappa shape index (κ3) is 3.20. The largest absolute Gasteiger partial charge is 0.357 e. The van der Waals surface area contributed by atoms with Gasteiger partial charge in [0.15, 0.2) is 0 Å². The summed E-state index contributed by atoms with van der Waals surface area (Å²) in [4.78, 5) is 0. The fraction of sp³-hybridized carbons (Fsp3) is 0.214. The molecular formula is C14H15N3. The summed E-state index contributed by atoms with van der Waals surface area (Å²) in [6, 6.07) is 11.9. The summed E-state index contributed by atoms with van der Waals surface area (Å²) in [5, 5.41) is 12.2. The molecule has 1 N–H and O–H groups in total. The molecule has 0 saturated heterocycles. The van der Waals surface area contributed by atoms with Gasteiger partial charge in [-0.2, -0.15) is 5.26 Å². The zero-order valence-corrected chi connectivity index (χ0v) is 9.85. The monoisotopic (exact) mass is 225 g/mol. The van der Waals surface area contributed by atoms with E-state index < -0.39 is 0 Å². The molecule has 0 amide bonds. The van der Waals surface area contributed by atoms with Crippen molar-refractivity contribution < 1.29 is 0 Å². The molecule has 0 fully saturated rings. The van der Waals surface area contributed by atoms with Gasteiger partial charge in [-0.1, -0.05) is 12.1 Å². The number of aryl methyl sites for hydroxylation is 1. The zero-order valence-electron chi connectivity index (χ0n) is 9.85. The Balaban J connectivity index is 1.88. The quantitative estimate of drug-likeness (QED) is 0.866. The van der Waals surface area contributed by atoms with Crippen molar-refractivity contribution in [3.63, 3.8) is 0 Å². The molecule has 1 aromatic heterocycles. The molecule has 0 aliphatic heterocycles. The molecule has 0 radical (unpaired) electrons. The number of nitriles is 1. The van der Waals surface area contributed by atoms with E-state index in [2.05, 4.69) is 23.6 Å². The van der Waals surface area contributed by atoms with Crippen molar-refractivity contribution in [2.45, 2.75) is 13.1 Å². The van der Waals surface area contributed by atoms with E-state index >= 15 is 0 Å². The van der Waals surface area contributed by atoms with Crippen LogP contribution in [0, 0.1) is 11.3 Å². The van der Waals surface area contributed by atoms with Crippen LogP contribution in [0.1, 0.15) is 16.7 Å². The van der Waals surface area contributed by atoms with Gasteiger partial charge >= 0.3 is 0 Å². The molecule has 0 aliphatic carbocycles. The fourth-order valence-corrected chi connectivity index (χ4v) is 1.77. The second-order valence-electron chi connectivity index (χ2n) is 4.10. The Morgan fingerprint density at radius 2 is 2.06 bits per heavy atom. The third-order valence-electron chi connectivity index (χ3n) is 2.61. The van der Waals surface area contributed by atoms with Crippen LogP contribution in [-0.4, -0.2) is 4.57 Å². The van der Waals surface area contributed by atoms with Crippen LogP contribution in [0.25, 0.3) is 0 Å². The third-order valence-corrected chi connectivity index (χ3v) is 2.61. The highest BCUT2D eigenvalue weighted by molar-refractivity contribution is 5.32. The average molecular weight is 225 g/mol. The van der Waals surface area contributed by atoms with Crippen LogP contribution in [0.3, 0.4) is 0 Å². The van der Waals surface area contributed by atoms with Crippen molar-refractivity contribution in [1.29, 1.82) is 5.26 Å². The Morgan fingerprint density at radius 3 is 2.76 bits per heavy atom. The van der Waals surface area contributed by atoms with Crippen LogP contribution in [0.5, 0.6) is 0 Å². The normalized spacial score (nSPS) is 10.1. The predicted molar refractivity (Wildman–Crippen MR) is 67.1 cm³/mol. The van der Waals surface area contributed by atoms with E-state index in [-0.39, 0.29) is 0 Å². The highest BCUT2D eigenvalue weighted by Gasteiger charge is 1.97. The molecule has 3 nitrogen and oxygen atoms in total. The second-order valence-corrected chi connectivity index (χ2v) is 4.10. The number of hydrogen-bond donors (Lipinski definition) is 1. The molecule has 0 spiro atoms. The molecule has 0 atom stereocenters. The standard InChI is InChI=1S/C14H15N3/c1-17-6-5-14(11-17)10-16-9-13-4-2-3-12(7-13)8-15/h2-7,11,16H,9-10H2,1H3. The lowest BCUT2D eigenvalue weighted by Gasteiger charge is -2.03. The molecule has 1 heterocycles. The van der Waals surface area contributed by atoms with Crippen LogP contribution in [-0.2, 0) is 20.1 Å². The van der Waals surface area contributed by atoms with Crippen molar-refractivity contribution in [3.05, 3.63) is 59.4 Å². The van der Waals surface area contributed by atoms with E-state index in [0.717, 1.165) is 18.7 Å². The summed E-state index contributed by atoms with van der Waals surface area (Å²) < 4.78 is 2.04. The topological polar surface area (TPSA) is 40.8 Å². The Labute approximate surface area is 101 Å². The Bertz CT molecular complexity index is 534. The number of hydrogen-bond acceptors (Lipinski definition) is 2.